The third-order valence-electron chi connectivity index (χ3n) is 9.32. The van der Waals surface area contributed by atoms with E-state index < -0.39 is 0 Å². The lowest BCUT2D eigenvalue weighted by molar-refractivity contribution is 0.112. The molecule has 0 unspecified atom stereocenters. The summed E-state index contributed by atoms with van der Waals surface area (Å²) in [6.07, 6.45) is 2.40. The predicted octanol–water partition coefficient (Wildman–Crippen LogP) is 5.82. The van der Waals surface area contributed by atoms with E-state index in [1.807, 2.05) is 48.5 Å². The van der Waals surface area contributed by atoms with E-state index in [1.165, 1.54) is 5.56 Å². The van der Waals surface area contributed by atoms with E-state index in [-0.39, 0.29) is 5.75 Å². The molecule has 3 aromatic carbocycles. The third kappa shape index (κ3) is 5.04. The van der Waals surface area contributed by atoms with Gasteiger partial charge in [0, 0.05) is 55.9 Å². The van der Waals surface area contributed by atoms with Gasteiger partial charge in [-0.25, -0.2) is 15.0 Å². The first-order valence-corrected chi connectivity index (χ1v) is 15.5. The lowest BCUT2D eigenvalue weighted by Crippen LogP contribution is -2.28. The number of aldehydes is 1. The molecule has 2 saturated heterocycles. The molecule has 0 saturated carbocycles. The number of nitrogens with two attached hydrogens (primary N) is 1. The topological polar surface area (TPSA) is 113 Å². The van der Waals surface area contributed by atoms with Crippen molar-refractivity contribution in [2.45, 2.75) is 6.54 Å². The van der Waals surface area contributed by atoms with Gasteiger partial charge in [0.05, 0.1) is 16.8 Å². The van der Waals surface area contributed by atoms with Crippen molar-refractivity contribution < 1.29 is 9.90 Å². The Morgan fingerprint density at radius 1 is 0.826 bits per heavy atom. The van der Waals surface area contributed by atoms with Crippen LogP contribution in [0.1, 0.15) is 15.9 Å². The zero-order valence-electron chi connectivity index (χ0n) is 25.2. The first-order chi connectivity index (χ1) is 22.5. The number of imidazole rings is 1. The van der Waals surface area contributed by atoms with E-state index in [2.05, 4.69) is 55.7 Å². The normalized spacial score (nSPS) is 17.9. The van der Waals surface area contributed by atoms with Crippen LogP contribution in [0, 0.1) is 11.8 Å². The molecule has 3 aromatic heterocycles. The quantitative estimate of drug-likeness (QED) is 0.219. The number of carbonyl (C=O) groups excluding carboxylic acids is 1. The van der Waals surface area contributed by atoms with E-state index in [4.69, 9.17) is 15.7 Å². The van der Waals surface area contributed by atoms with Gasteiger partial charge in [0.15, 0.2) is 17.8 Å². The molecule has 0 amide bonds. The maximum atomic E-state index is 11.3. The first-order valence-electron chi connectivity index (χ1n) is 15.5. The summed E-state index contributed by atoms with van der Waals surface area (Å²) < 4.78 is 2.08. The fraction of sp³-hybridized carbons (Fsp3) is 0.189. The monoisotopic (exact) mass is 607 g/mol. The second kappa shape index (κ2) is 11.4. The van der Waals surface area contributed by atoms with Crippen LogP contribution in [0.2, 0.25) is 0 Å². The molecule has 0 bridgehead atoms. The molecule has 2 aliphatic rings. The maximum Gasteiger partial charge on any atom is 0.165 e. The molecule has 0 spiro atoms. The number of hydrogen-bond donors (Lipinski definition) is 2. The summed E-state index contributed by atoms with van der Waals surface area (Å²) in [5.74, 6) is 2.30. The Kier molecular flexibility index (Phi) is 6.95. The fourth-order valence-electron chi connectivity index (χ4n) is 7.03. The van der Waals surface area contributed by atoms with Gasteiger partial charge in [0.1, 0.15) is 17.1 Å². The molecule has 3 N–H and O–H groups in total. The molecular formula is C37H33N7O2. The molecule has 2 atom stereocenters. The number of pyridine rings is 2. The number of fused-ring (bicyclic) bond motifs is 2. The third-order valence-corrected chi connectivity index (χ3v) is 9.32. The Bertz CT molecular complexity index is 2040. The summed E-state index contributed by atoms with van der Waals surface area (Å²) in [4.78, 5) is 30.6. The van der Waals surface area contributed by atoms with Crippen molar-refractivity contribution in [1.82, 2.24) is 24.4 Å². The number of nitrogens with zero attached hydrogens (tertiary/aromatic N) is 6. The average molecular weight is 608 g/mol. The summed E-state index contributed by atoms with van der Waals surface area (Å²) in [7, 11) is 0. The molecule has 9 heteroatoms. The number of phenolic OH excluding ortho intramolecular Hbond substituents is 1. The second-order valence-electron chi connectivity index (χ2n) is 12.3. The Morgan fingerprint density at radius 2 is 1.59 bits per heavy atom. The van der Waals surface area contributed by atoms with Gasteiger partial charge in [-0.05, 0) is 72.0 Å². The van der Waals surface area contributed by atoms with E-state index in [0.29, 0.717) is 35.3 Å². The van der Waals surface area contributed by atoms with Gasteiger partial charge in [0.25, 0.3) is 0 Å². The highest BCUT2D eigenvalue weighted by atomic mass is 16.3. The van der Waals surface area contributed by atoms with E-state index in [1.54, 1.807) is 18.3 Å². The molecule has 5 heterocycles. The van der Waals surface area contributed by atoms with Gasteiger partial charge in [-0.3, -0.25) is 14.3 Å². The van der Waals surface area contributed by atoms with Crippen molar-refractivity contribution in [3.05, 3.63) is 114 Å². The van der Waals surface area contributed by atoms with E-state index in [0.717, 1.165) is 72.1 Å². The summed E-state index contributed by atoms with van der Waals surface area (Å²) >= 11 is 0. The number of aromatic nitrogens is 4. The van der Waals surface area contributed by atoms with Crippen molar-refractivity contribution in [2.75, 3.05) is 36.8 Å². The molecular weight excluding hydrogens is 574 g/mol. The molecule has 8 rings (SSSR count). The van der Waals surface area contributed by atoms with Crippen LogP contribution in [0.25, 0.3) is 39.5 Å². The molecule has 0 radical (unpaired) electrons. The lowest BCUT2D eigenvalue weighted by atomic mass is 10.0. The number of aromatic hydroxyl groups is 1. The van der Waals surface area contributed by atoms with Crippen LogP contribution in [-0.4, -0.2) is 62.0 Å². The average Bonchev–Trinajstić information content (AvgIpc) is 3.77. The van der Waals surface area contributed by atoms with Crippen LogP contribution < -0.4 is 10.6 Å². The van der Waals surface area contributed by atoms with Gasteiger partial charge < -0.3 is 15.7 Å². The summed E-state index contributed by atoms with van der Waals surface area (Å²) in [5.41, 5.74) is 14.1. The van der Waals surface area contributed by atoms with Crippen LogP contribution in [0.5, 0.6) is 5.75 Å². The van der Waals surface area contributed by atoms with Gasteiger partial charge in [-0.2, -0.15) is 0 Å². The minimum absolute atomic E-state index is 0.0298. The number of carbonyl (C=O) groups is 1. The largest absolute Gasteiger partial charge is 0.507 e. The van der Waals surface area contributed by atoms with Crippen molar-refractivity contribution in [1.29, 1.82) is 0 Å². The molecule has 2 aliphatic heterocycles. The number of rotatable bonds is 7. The highest BCUT2D eigenvalue weighted by molar-refractivity contribution is 5.84. The van der Waals surface area contributed by atoms with Gasteiger partial charge >= 0.3 is 0 Å². The Balaban J connectivity index is 1.04. The van der Waals surface area contributed by atoms with Gasteiger partial charge in [-0.1, -0.05) is 42.5 Å². The zero-order chi connectivity index (χ0) is 31.2. The highest BCUT2D eigenvalue weighted by Gasteiger charge is 2.40. The Labute approximate surface area is 266 Å². The number of anilines is 2. The SMILES string of the molecule is Nc1ncccc1-c1nc2ccc(-c3ccccc3)nc2n1-c1ccc(CN2C[C@@H]3CN(c4ccc(O)c(C=O)c4)C[C@@H]3C2)cc1. The van der Waals surface area contributed by atoms with Crippen molar-refractivity contribution in [2.24, 2.45) is 11.8 Å². The van der Waals surface area contributed by atoms with Gasteiger partial charge in [-0.15, -0.1) is 0 Å². The summed E-state index contributed by atoms with van der Waals surface area (Å²) in [6.45, 7) is 4.85. The smallest absolute Gasteiger partial charge is 0.165 e. The number of nitrogen functional groups attached to an aromatic ring is 1. The Morgan fingerprint density at radius 3 is 2.33 bits per heavy atom. The number of benzene rings is 3. The van der Waals surface area contributed by atoms with E-state index in [9.17, 15) is 9.90 Å². The van der Waals surface area contributed by atoms with Gasteiger partial charge in [0.2, 0.25) is 0 Å². The first kappa shape index (κ1) is 28.0. The number of likely N-dealkylation sites (tertiary alicyclic amines) is 1. The molecule has 9 nitrogen and oxygen atoms in total. The molecule has 0 aliphatic carbocycles. The van der Waals surface area contributed by atoms with Crippen molar-refractivity contribution in [3.8, 4) is 34.1 Å². The lowest BCUT2D eigenvalue weighted by Gasteiger charge is -2.23. The van der Waals surface area contributed by atoms with Crippen LogP contribution in [-0.2, 0) is 6.54 Å². The highest BCUT2D eigenvalue weighted by Crippen LogP contribution is 2.36. The van der Waals surface area contributed by atoms with Crippen LogP contribution in [0.15, 0.2) is 103 Å². The minimum atomic E-state index is 0.0298. The standard InChI is InChI=1S/C37H33N7O2/c38-35-31(7-4-16-39-35)36-41-33-14-13-32(25-5-2-1-3-6-25)40-37(33)44(36)29-10-8-24(9-11-29)18-42-19-27-21-43(22-28(27)20-42)30-12-15-34(46)26(17-30)23-45/h1-17,23,27-28,46H,18-22H2,(H2,38,39)/t27-,28+. The summed E-state index contributed by atoms with van der Waals surface area (Å²) in [5, 5.41) is 9.89. The number of phenols is 1. The van der Waals surface area contributed by atoms with Crippen LogP contribution in [0.3, 0.4) is 0 Å². The van der Waals surface area contributed by atoms with E-state index >= 15 is 0 Å². The minimum Gasteiger partial charge on any atom is -0.507 e. The summed E-state index contributed by atoms with van der Waals surface area (Å²) in [6, 6.07) is 32.0. The van der Waals surface area contributed by atoms with Crippen LogP contribution >= 0.6 is 0 Å². The van der Waals surface area contributed by atoms with Crippen molar-refractivity contribution >= 4 is 29.0 Å². The fourth-order valence-corrected chi connectivity index (χ4v) is 7.03. The number of hydrogen-bond acceptors (Lipinski definition) is 8. The molecule has 2 fully saturated rings. The van der Waals surface area contributed by atoms with Crippen molar-refractivity contribution in [3.63, 3.8) is 0 Å². The predicted molar refractivity (Wildman–Crippen MR) is 180 cm³/mol. The molecule has 6 aromatic rings. The second-order valence-corrected chi connectivity index (χ2v) is 12.3. The Hall–Kier alpha value is -5.54. The zero-order valence-corrected chi connectivity index (χ0v) is 25.2. The maximum absolute atomic E-state index is 11.3. The van der Waals surface area contributed by atoms with Crippen LogP contribution in [0.4, 0.5) is 11.5 Å². The molecule has 46 heavy (non-hydrogen) atoms. The molecule has 228 valence electrons.